The summed E-state index contributed by atoms with van der Waals surface area (Å²) in [6, 6.07) is 10.3. The van der Waals surface area contributed by atoms with Crippen LogP contribution < -0.4 is 9.46 Å². The molecule has 0 atom stereocenters. The molecule has 96 valence electrons. The van der Waals surface area contributed by atoms with E-state index in [2.05, 4.69) is 4.72 Å². The topological polar surface area (TPSA) is 55.4 Å². The predicted molar refractivity (Wildman–Crippen MR) is 71.3 cm³/mol. The molecule has 0 aliphatic heterocycles. The van der Waals surface area contributed by atoms with Crippen LogP contribution in [0.4, 0.5) is 0 Å². The van der Waals surface area contributed by atoms with Crippen molar-refractivity contribution in [2.24, 2.45) is 0 Å². The lowest BCUT2D eigenvalue weighted by molar-refractivity contribution is 0.402. The van der Waals surface area contributed by atoms with Crippen molar-refractivity contribution < 1.29 is 13.2 Å². The minimum atomic E-state index is -3.55. The molecule has 2 aromatic rings. The molecule has 1 heterocycles. The second-order valence-corrected chi connectivity index (χ2v) is 6.32. The minimum absolute atomic E-state index is 0.157. The van der Waals surface area contributed by atoms with E-state index in [9.17, 15) is 8.42 Å². The normalized spacial score (nSPS) is 11.4. The Morgan fingerprint density at radius 3 is 2.67 bits per heavy atom. The average Bonchev–Trinajstić information content (AvgIpc) is 2.89. The molecule has 18 heavy (non-hydrogen) atoms. The van der Waals surface area contributed by atoms with Crippen molar-refractivity contribution in [2.75, 3.05) is 7.11 Å². The third-order valence-corrected chi connectivity index (χ3v) is 4.69. The SMILES string of the molecule is COc1ccccc1S(=O)(=O)NCc1cccs1. The Morgan fingerprint density at radius 2 is 2.00 bits per heavy atom. The maximum atomic E-state index is 12.1. The molecule has 0 aliphatic rings. The molecule has 1 aromatic heterocycles. The molecule has 6 heteroatoms. The van der Waals surface area contributed by atoms with Crippen LogP contribution in [0.25, 0.3) is 0 Å². The van der Waals surface area contributed by atoms with Gasteiger partial charge in [0.15, 0.2) is 0 Å². The fraction of sp³-hybridized carbons (Fsp3) is 0.167. The Bertz CT molecular complexity index is 606. The van der Waals surface area contributed by atoms with E-state index in [4.69, 9.17) is 4.74 Å². The summed E-state index contributed by atoms with van der Waals surface area (Å²) < 4.78 is 31.8. The van der Waals surface area contributed by atoms with E-state index in [1.165, 1.54) is 24.5 Å². The number of thiophene rings is 1. The Hall–Kier alpha value is -1.37. The third kappa shape index (κ3) is 2.90. The number of methoxy groups -OCH3 is 1. The molecule has 0 fully saturated rings. The highest BCUT2D eigenvalue weighted by atomic mass is 32.2. The molecular formula is C12H13NO3S2. The summed E-state index contributed by atoms with van der Waals surface area (Å²) in [5.41, 5.74) is 0. The highest BCUT2D eigenvalue weighted by Gasteiger charge is 2.18. The van der Waals surface area contributed by atoms with Crippen LogP contribution in [0.1, 0.15) is 4.88 Å². The lowest BCUT2D eigenvalue weighted by atomic mass is 10.3. The molecule has 0 aliphatic carbocycles. The number of nitrogens with one attached hydrogen (secondary N) is 1. The molecule has 4 nitrogen and oxygen atoms in total. The van der Waals surface area contributed by atoms with Crippen molar-refractivity contribution in [2.45, 2.75) is 11.4 Å². The fourth-order valence-corrected chi connectivity index (χ4v) is 3.41. The lowest BCUT2D eigenvalue weighted by Crippen LogP contribution is -2.23. The molecule has 1 aromatic carbocycles. The van der Waals surface area contributed by atoms with Gasteiger partial charge in [-0.15, -0.1) is 11.3 Å². The van der Waals surface area contributed by atoms with Crippen molar-refractivity contribution in [1.29, 1.82) is 0 Å². The quantitative estimate of drug-likeness (QED) is 0.915. The van der Waals surface area contributed by atoms with E-state index >= 15 is 0 Å². The Morgan fingerprint density at radius 1 is 1.22 bits per heavy atom. The average molecular weight is 283 g/mol. The largest absolute Gasteiger partial charge is 0.495 e. The van der Waals surface area contributed by atoms with Crippen molar-refractivity contribution >= 4 is 21.4 Å². The van der Waals surface area contributed by atoms with Gasteiger partial charge in [-0.3, -0.25) is 0 Å². The molecule has 0 bridgehead atoms. The van der Waals surface area contributed by atoms with E-state index in [-0.39, 0.29) is 11.4 Å². The summed E-state index contributed by atoms with van der Waals surface area (Å²) in [7, 11) is -2.10. The first-order chi connectivity index (χ1) is 8.63. The number of para-hydroxylation sites is 1. The van der Waals surface area contributed by atoms with E-state index in [0.717, 1.165) is 4.88 Å². The zero-order chi connectivity index (χ0) is 13.0. The zero-order valence-corrected chi connectivity index (χ0v) is 11.4. The maximum absolute atomic E-state index is 12.1. The number of rotatable bonds is 5. The van der Waals surface area contributed by atoms with Gasteiger partial charge in [0.25, 0.3) is 0 Å². The molecule has 0 saturated heterocycles. The van der Waals surface area contributed by atoms with Crippen LogP contribution in [0.5, 0.6) is 5.75 Å². The van der Waals surface area contributed by atoms with Crippen LogP contribution in [0.15, 0.2) is 46.7 Å². The lowest BCUT2D eigenvalue weighted by Gasteiger charge is -2.09. The van der Waals surface area contributed by atoms with Crippen LogP contribution in [0.3, 0.4) is 0 Å². The van der Waals surface area contributed by atoms with Crippen molar-refractivity contribution in [1.82, 2.24) is 4.72 Å². The molecule has 0 radical (unpaired) electrons. The monoisotopic (exact) mass is 283 g/mol. The molecule has 0 spiro atoms. The highest BCUT2D eigenvalue weighted by molar-refractivity contribution is 7.89. The number of ether oxygens (including phenoxy) is 1. The van der Waals surface area contributed by atoms with Gasteiger partial charge >= 0.3 is 0 Å². The second-order valence-electron chi connectivity index (χ2n) is 3.55. The summed E-state index contributed by atoms with van der Waals surface area (Å²) in [5.74, 6) is 0.344. The van der Waals surface area contributed by atoms with E-state index in [0.29, 0.717) is 5.75 Å². The van der Waals surface area contributed by atoms with Gasteiger partial charge in [-0.2, -0.15) is 0 Å². The molecule has 2 rings (SSSR count). The minimum Gasteiger partial charge on any atom is -0.495 e. The van der Waals surface area contributed by atoms with Gasteiger partial charge in [0.1, 0.15) is 10.6 Å². The maximum Gasteiger partial charge on any atom is 0.244 e. The number of hydrogen-bond donors (Lipinski definition) is 1. The van der Waals surface area contributed by atoms with Crippen LogP contribution >= 0.6 is 11.3 Å². The van der Waals surface area contributed by atoms with Gasteiger partial charge in [0.2, 0.25) is 10.0 Å². The van der Waals surface area contributed by atoms with Crippen LogP contribution in [0, 0.1) is 0 Å². The molecule has 0 saturated carbocycles. The summed E-state index contributed by atoms with van der Waals surface area (Å²) in [5, 5.41) is 1.91. The second kappa shape index (κ2) is 5.51. The standard InChI is InChI=1S/C12H13NO3S2/c1-16-11-6-2-3-7-12(11)18(14,15)13-9-10-5-4-8-17-10/h2-8,13H,9H2,1H3. The van der Waals surface area contributed by atoms with Gasteiger partial charge in [-0.25, -0.2) is 13.1 Å². The van der Waals surface area contributed by atoms with E-state index in [1.54, 1.807) is 18.2 Å². The Labute approximate surface area is 110 Å². The van der Waals surface area contributed by atoms with Gasteiger partial charge < -0.3 is 4.74 Å². The summed E-state index contributed by atoms with van der Waals surface area (Å²) in [4.78, 5) is 1.12. The summed E-state index contributed by atoms with van der Waals surface area (Å²) >= 11 is 1.51. The first-order valence-electron chi connectivity index (χ1n) is 5.28. The van der Waals surface area contributed by atoms with Gasteiger partial charge in [-0.1, -0.05) is 18.2 Å². The van der Waals surface area contributed by atoms with Gasteiger partial charge in [0, 0.05) is 11.4 Å². The smallest absolute Gasteiger partial charge is 0.244 e. The summed E-state index contributed by atoms with van der Waals surface area (Å²) in [6.07, 6.45) is 0. The third-order valence-electron chi connectivity index (χ3n) is 2.38. The van der Waals surface area contributed by atoms with Crippen molar-refractivity contribution in [3.05, 3.63) is 46.7 Å². The Kier molecular flexibility index (Phi) is 4.00. The van der Waals surface area contributed by atoms with Gasteiger partial charge in [-0.05, 0) is 23.6 Å². The van der Waals surface area contributed by atoms with Crippen molar-refractivity contribution in [3.8, 4) is 5.75 Å². The van der Waals surface area contributed by atoms with Gasteiger partial charge in [0.05, 0.1) is 7.11 Å². The number of benzene rings is 1. The van der Waals surface area contributed by atoms with Crippen LogP contribution in [0.2, 0.25) is 0 Å². The van der Waals surface area contributed by atoms with Crippen LogP contribution in [-0.2, 0) is 16.6 Å². The highest BCUT2D eigenvalue weighted by Crippen LogP contribution is 2.22. The fourth-order valence-electron chi connectivity index (χ4n) is 1.50. The molecule has 0 unspecified atom stereocenters. The molecule has 1 N–H and O–H groups in total. The first-order valence-corrected chi connectivity index (χ1v) is 7.65. The van der Waals surface area contributed by atoms with E-state index < -0.39 is 10.0 Å². The first kappa shape index (κ1) is 13.1. The molecule has 0 amide bonds. The van der Waals surface area contributed by atoms with E-state index in [1.807, 2.05) is 17.5 Å². The zero-order valence-electron chi connectivity index (χ0n) is 9.79. The van der Waals surface area contributed by atoms with Crippen LogP contribution in [-0.4, -0.2) is 15.5 Å². The van der Waals surface area contributed by atoms with Crippen molar-refractivity contribution in [3.63, 3.8) is 0 Å². The number of sulfonamides is 1. The predicted octanol–water partition coefficient (Wildman–Crippen LogP) is 2.24. The summed E-state index contributed by atoms with van der Waals surface area (Å²) in [6.45, 7) is 0.290. The number of hydrogen-bond acceptors (Lipinski definition) is 4. The molecular weight excluding hydrogens is 270 g/mol. The Balaban J connectivity index is 2.20.